The molecule has 0 unspecified atom stereocenters. The zero-order valence-corrected chi connectivity index (χ0v) is 12.0. The van der Waals surface area contributed by atoms with E-state index in [2.05, 4.69) is 10.3 Å². The minimum absolute atomic E-state index is 0.0289. The van der Waals surface area contributed by atoms with E-state index in [0.717, 1.165) is 5.56 Å². The molecule has 0 aromatic heterocycles. The predicted octanol–water partition coefficient (Wildman–Crippen LogP) is -0.0561. The van der Waals surface area contributed by atoms with Gasteiger partial charge in [0.15, 0.2) is 5.96 Å². The summed E-state index contributed by atoms with van der Waals surface area (Å²) in [5.74, 6) is -0.473. The molecular formula is C14H18N4O3. The highest BCUT2D eigenvalue weighted by molar-refractivity contribution is 6.04. The smallest absolute Gasteiger partial charge is 0.248 e. The maximum Gasteiger partial charge on any atom is 0.248 e. The summed E-state index contributed by atoms with van der Waals surface area (Å²) >= 11 is 0. The molecule has 0 bridgehead atoms. The standard InChI is InChI=1S/C14H18N4O3/c1-14(7-11(20)18(2)13(15)17-14)12(21)16-8-9-4-3-5-10(19)6-9/h3-6,19H,7-8H2,1-2H3,(H2,15,17)(H,16,21)/t14-/m0/s1. The van der Waals surface area contributed by atoms with Gasteiger partial charge in [-0.15, -0.1) is 0 Å². The van der Waals surface area contributed by atoms with Gasteiger partial charge in [-0.3, -0.25) is 14.5 Å². The van der Waals surface area contributed by atoms with Crippen LogP contribution >= 0.6 is 0 Å². The van der Waals surface area contributed by atoms with Gasteiger partial charge in [0.2, 0.25) is 11.8 Å². The van der Waals surface area contributed by atoms with Crippen LogP contribution in [0.5, 0.6) is 5.75 Å². The summed E-state index contributed by atoms with van der Waals surface area (Å²) in [5, 5.41) is 12.1. The van der Waals surface area contributed by atoms with Crippen molar-refractivity contribution >= 4 is 17.8 Å². The highest BCUT2D eigenvalue weighted by atomic mass is 16.3. The molecule has 112 valence electrons. The topological polar surface area (TPSA) is 108 Å². The Balaban J connectivity index is 2.08. The van der Waals surface area contributed by atoms with Crippen LogP contribution in [0.1, 0.15) is 18.9 Å². The fraction of sp³-hybridized carbons (Fsp3) is 0.357. The van der Waals surface area contributed by atoms with Gasteiger partial charge in [0.05, 0.1) is 6.42 Å². The Hall–Kier alpha value is -2.57. The van der Waals surface area contributed by atoms with Gasteiger partial charge in [0.25, 0.3) is 0 Å². The van der Waals surface area contributed by atoms with Crippen molar-refractivity contribution in [2.24, 2.45) is 10.7 Å². The van der Waals surface area contributed by atoms with Gasteiger partial charge in [-0.2, -0.15) is 0 Å². The van der Waals surface area contributed by atoms with E-state index in [1.54, 1.807) is 31.2 Å². The second kappa shape index (κ2) is 5.43. The third kappa shape index (κ3) is 3.13. The van der Waals surface area contributed by atoms with E-state index in [4.69, 9.17) is 5.73 Å². The van der Waals surface area contributed by atoms with Gasteiger partial charge in [-0.1, -0.05) is 12.1 Å². The molecule has 1 heterocycles. The molecule has 0 radical (unpaired) electrons. The Morgan fingerprint density at radius 3 is 2.90 bits per heavy atom. The lowest BCUT2D eigenvalue weighted by Gasteiger charge is -2.32. The zero-order valence-electron chi connectivity index (χ0n) is 12.0. The summed E-state index contributed by atoms with van der Waals surface area (Å²) in [6, 6.07) is 6.57. The average molecular weight is 290 g/mol. The molecule has 2 amide bonds. The maximum absolute atomic E-state index is 12.3. The lowest BCUT2D eigenvalue weighted by atomic mass is 9.95. The number of guanidine groups is 1. The first kappa shape index (κ1) is 14.8. The number of nitrogens with zero attached hydrogens (tertiary/aromatic N) is 2. The first-order valence-electron chi connectivity index (χ1n) is 6.50. The number of carbonyl (C=O) groups excluding carboxylic acids is 2. The quantitative estimate of drug-likeness (QED) is 0.725. The van der Waals surface area contributed by atoms with E-state index in [1.165, 1.54) is 11.9 Å². The summed E-state index contributed by atoms with van der Waals surface area (Å²) in [6.07, 6.45) is -0.0317. The van der Waals surface area contributed by atoms with E-state index in [1.807, 2.05) is 0 Å². The molecule has 7 heteroatoms. The third-order valence-electron chi connectivity index (χ3n) is 3.43. The number of nitrogens with two attached hydrogens (primary N) is 1. The minimum Gasteiger partial charge on any atom is -0.508 e. The summed E-state index contributed by atoms with van der Waals surface area (Å²) in [7, 11) is 1.52. The van der Waals surface area contributed by atoms with E-state index in [0.29, 0.717) is 0 Å². The van der Waals surface area contributed by atoms with Crippen molar-refractivity contribution in [3.8, 4) is 5.75 Å². The van der Waals surface area contributed by atoms with Gasteiger partial charge < -0.3 is 16.2 Å². The number of nitrogens with one attached hydrogen (secondary N) is 1. The molecule has 1 aliphatic rings. The molecule has 1 aliphatic heterocycles. The van der Waals surface area contributed by atoms with E-state index in [-0.39, 0.29) is 36.5 Å². The molecule has 0 fully saturated rings. The van der Waals surface area contributed by atoms with Crippen LogP contribution in [0.15, 0.2) is 29.3 Å². The van der Waals surface area contributed by atoms with Crippen molar-refractivity contribution in [3.05, 3.63) is 29.8 Å². The Morgan fingerprint density at radius 1 is 1.57 bits per heavy atom. The largest absolute Gasteiger partial charge is 0.508 e. The fourth-order valence-corrected chi connectivity index (χ4v) is 2.08. The maximum atomic E-state index is 12.3. The SMILES string of the molecule is CN1C(=O)C[C@@](C)(C(=O)NCc2cccc(O)c2)N=C1N. The number of aliphatic imine (C=N–C) groups is 1. The molecule has 0 saturated carbocycles. The molecule has 4 N–H and O–H groups in total. The van der Waals surface area contributed by atoms with Crippen LogP contribution in [0.4, 0.5) is 0 Å². The number of benzene rings is 1. The van der Waals surface area contributed by atoms with Crippen molar-refractivity contribution in [3.63, 3.8) is 0 Å². The molecule has 0 spiro atoms. The number of aromatic hydroxyl groups is 1. The number of phenolic OH excluding ortho intramolecular Hbond substituents is 1. The van der Waals surface area contributed by atoms with E-state index < -0.39 is 5.54 Å². The summed E-state index contributed by atoms with van der Waals surface area (Å²) in [4.78, 5) is 29.4. The van der Waals surface area contributed by atoms with Crippen LogP contribution in [0.25, 0.3) is 0 Å². The first-order valence-corrected chi connectivity index (χ1v) is 6.50. The number of hydrogen-bond acceptors (Lipinski definition) is 5. The Labute approximate surface area is 122 Å². The highest BCUT2D eigenvalue weighted by Crippen LogP contribution is 2.22. The van der Waals surface area contributed by atoms with E-state index in [9.17, 15) is 14.7 Å². The third-order valence-corrected chi connectivity index (χ3v) is 3.43. The van der Waals surface area contributed by atoms with Crippen LogP contribution in [-0.4, -0.2) is 40.4 Å². The Bertz CT molecular complexity index is 614. The predicted molar refractivity (Wildman–Crippen MR) is 77.4 cm³/mol. The number of carbonyl (C=O) groups is 2. The van der Waals surface area contributed by atoms with Crippen molar-refractivity contribution < 1.29 is 14.7 Å². The second-order valence-electron chi connectivity index (χ2n) is 5.23. The van der Waals surface area contributed by atoms with Crippen LogP contribution in [0.3, 0.4) is 0 Å². The molecule has 0 aliphatic carbocycles. The number of phenols is 1. The first-order chi connectivity index (χ1) is 9.82. The molecule has 0 saturated heterocycles. The van der Waals surface area contributed by atoms with Gasteiger partial charge in [-0.05, 0) is 24.6 Å². The lowest BCUT2D eigenvalue weighted by molar-refractivity contribution is -0.135. The van der Waals surface area contributed by atoms with E-state index >= 15 is 0 Å². The molecule has 1 atom stereocenters. The van der Waals surface area contributed by atoms with Crippen molar-refractivity contribution in [2.45, 2.75) is 25.4 Å². The number of amides is 2. The summed E-state index contributed by atoms with van der Waals surface area (Å²) in [6.45, 7) is 1.81. The molecular weight excluding hydrogens is 272 g/mol. The monoisotopic (exact) mass is 290 g/mol. The normalized spacial score (nSPS) is 21.9. The van der Waals surface area contributed by atoms with Gasteiger partial charge >= 0.3 is 0 Å². The van der Waals surface area contributed by atoms with Crippen LogP contribution in [0, 0.1) is 0 Å². The zero-order chi connectivity index (χ0) is 15.6. The van der Waals surface area contributed by atoms with Crippen molar-refractivity contribution in [1.29, 1.82) is 0 Å². The molecule has 1 aromatic rings. The Kier molecular flexibility index (Phi) is 3.84. The fourth-order valence-electron chi connectivity index (χ4n) is 2.08. The molecule has 21 heavy (non-hydrogen) atoms. The lowest BCUT2D eigenvalue weighted by Crippen LogP contribution is -2.54. The van der Waals surface area contributed by atoms with Gasteiger partial charge in [0, 0.05) is 13.6 Å². The average Bonchev–Trinajstić information content (AvgIpc) is 2.42. The Morgan fingerprint density at radius 2 is 2.29 bits per heavy atom. The highest BCUT2D eigenvalue weighted by Gasteiger charge is 2.40. The van der Waals surface area contributed by atoms with Crippen LogP contribution in [-0.2, 0) is 16.1 Å². The van der Waals surface area contributed by atoms with Gasteiger partial charge in [0.1, 0.15) is 11.3 Å². The molecule has 2 rings (SSSR count). The molecule has 7 nitrogen and oxygen atoms in total. The van der Waals surface area contributed by atoms with Crippen LogP contribution < -0.4 is 11.1 Å². The molecule has 1 aromatic carbocycles. The second-order valence-corrected chi connectivity index (χ2v) is 5.23. The number of hydrogen-bond donors (Lipinski definition) is 3. The van der Waals surface area contributed by atoms with Gasteiger partial charge in [-0.25, -0.2) is 4.99 Å². The van der Waals surface area contributed by atoms with Crippen LogP contribution in [0.2, 0.25) is 0 Å². The number of rotatable bonds is 3. The minimum atomic E-state index is -1.20. The van der Waals surface area contributed by atoms with Crippen molar-refractivity contribution in [2.75, 3.05) is 7.05 Å². The van der Waals surface area contributed by atoms with Crippen molar-refractivity contribution in [1.82, 2.24) is 10.2 Å². The summed E-state index contributed by atoms with van der Waals surface area (Å²) < 4.78 is 0. The summed E-state index contributed by atoms with van der Waals surface area (Å²) in [5.41, 5.74) is 5.20.